The largest absolute Gasteiger partial charge is 0.333 e. The summed E-state index contributed by atoms with van der Waals surface area (Å²) >= 11 is 11.9. The normalized spacial score (nSPS) is 16.8. The Morgan fingerprint density at radius 3 is 2.60 bits per heavy atom. The summed E-state index contributed by atoms with van der Waals surface area (Å²) in [5.41, 5.74) is 0.973. The van der Waals surface area contributed by atoms with Crippen molar-refractivity contribution in [1.29, 1.82) is 0 Å². The predicted molar refractivity (Wildman–Crippen MR) is 95.8 cm³/mol. The molecule has 2 N–H and O–H groups in total. The van der Waals surface area contributed by atoms with Gasteiger partial charge in [0.1, 0.15) is 5.82 Å². The molecule has 0 aliphatic carbocycles. The molecule has 8 heteroatoms. The zero-order chi connectivity index (χ0) is 18.0. The fraction of sp³-hybridized carbons (Fsp3) is 0.176. The minimum Gasteiger partial charge on any atom is -0.333 e. The molecule has 2 aromatic carbocycles. The number of nitrogens with zero attached hydrogens (tertiary/aromatic N) is 1. The highest BCUT2D eigenvalue weighted by atomic mass is 35.5. The number of hydrogen-bond donors (Lipinski definition) is 2. The van der Waals surface area contributed by atoms with Gasteiger partial charge in [0, 0.05) is 23.7 Å². The summed E-state index contributed by atoms with van der Waals surface area (Å²) in [5, 5.41) is 6.14. The molecular weight excluding hydrogens is 368 g/mol. The van der Waals surface area contributed by atoms with Crippen LogP contribution in [0, 0.1) is 5.82 Å². The first kappa shape index (κ1) is 17.5. The van der Waals surface area contributed by atoms with E-state index in [4.69, 9.17) is 23.2 Å². The van der Waals surface area contributed by atoms with Gasteiger partial charge in [-0.05, 0) is 42.5 Å². The van der Waals surface area contributed by atoms with Gasteiger partial charge in [-0.2, -0.15) is 0 Å². The second kappa shape index (κ2) is 7.29. The number of carbonyl (C=O) groups is 2. The lowest BCUT2D eigenvalue weighted by molar-refractivity contribution is -0.117. The van der Waals surface area contributed by atoms with Crippen LogP contribution in [-0.4, -0.2) is 24.5 Å². The van der Waals surface area contributed by atoms with E-state index >= 15 is 0 Å². The van der Waals surface area contributed by atoms with Crippen LogP contribution in [0.1, 0.15) is 6.42 Å². The van der Waals surface area contributed by atoms with Gasteiger partial charge in [-0.1, -0.05) is 23.2 Å². The third-order valence-corrected chi connectivity index (χ3v) is 4.34. The van der Waals surface area contributed by atoms with Crippen LogP contribution < -0.4 is 15.5 Å². The summed E-state index contributed by atoms with van der Waals surface area (Å²) in [6.07, 6.45) is 0.161. The van der Waals surface area contributed by atoms with Crippen molar-refractivity contribution in [2.45, 2.75) is 12.5 Å². The van der Waals surface area contributed by atoms with Crippen LogP contribution in [0.2, 0.25) is 10.0 Å². The SMILES string of the molecule is O=C(Nc1cc(Cl)ccc1Cl)N[C@@H]1CC(=O)N(c2ccc(F)cc2)C1. The maximum Gasteiger partial charge on any atom is 0.319 e. The fourth-order valence-corrected chi connectivity index (χ4v) is 2.95. The van der Waals surface area contributed by atoms with Crippen LogP contribution in [0.15, 0.2) is 42.5 Å². The summed E-state index contributed by atoms with van der Waals surface area (Å²) in [4.78, 5) is 25.8. The number of amides is 3. The van der Waals surface area contributed by atoms with Gasteiger partial charge in [-0.15, -0.1) is 0 Å². The maximum absolute atomic E-state index is 13.0. The van der Waals surface area contributed by atoms with Crippen molar-refractivity contribution in [3.8, 4) is 0 Å². The van der Waals surface area contributed by atoms with Gasteiger partial charge in [0.2, 0.25) is 5.91 Å². The summed E-state index contributed by atoms with van der Waals surface area (Å²) < 4.78 is 13.0. The number of carbonyl (C=O) groups excluding carboxylic acids is 2. The van der Waals surface area contributed by atoms with E-state index < -0.39 is 6.03 Å². The van der Waals surface area contributed by atoms with E-state index in [1.54, 1.807) is 12.1 Å². The number of halogens is 3. The van der Waals surface area contributed by atoms with Crippen LogP contribution >= 0.6 is 23.2 Å². The molecule has 1 fully saturated rings. The molecule has 3 amide bonds. The molecule has 25 heavy (non-hydrogen) atoms. The van der Waals surface area contributed by atoms with Crippen molar-refractivity contribution in [3.63, 3.8) is 0 Å². The molecule has 0 aromatic heterocycles. The van der Waals surface area contributed by atoms with E-state index in [9.17, 15) is 14.0 Å². The third kappa shape index (κ3) is 4.21. The van der Waals surface area contributed by atoms with Gasteiger partial charge in [0.15, 0.2) is 0 Å². The van der Waals surface area contributed by atoms with Gasteiger partial charge >= 0.3 is 6.03 Å². The van der Waals surface area contributed by atoms with E-state index in [0.717, 1.165) is 0 Å². The van der Waals surface area contributed by atoms with Gasteiger partial charge in [0.25, 0.3) is 0 Å². The van der Waals surface area contributed by atoms with Crippen molar-refractivity contribution in [2.75, 3.05) is 16.8 Å². The fourth-order valence-electron chi connectivity index (χ4n) is 2.61. The predicted octanol–water partition coefficient (Wildman–Crippen LogP) is 4.06. The van der Waals surface area contributed by atoms with Crippen molar-refractivity contribution >= 4 is 46.5 Å². The Balaban J connectivity index is 1.62. The number of anilines is 2. The highest BCUT2D eigenvalue weighted by Crippen LogP contribution is 2.26. The summed E-state index contributed by atoms with van der Waals surface area (Å²) in [6, 6.07) is 9.52. The van der Waals surface area contributed by atoms with E-state index in [0.29, 0.717) is 28.0 Å². The number of hydrogen-bond acceptors (Lipinski definition) is 2. The summed E-state index contributed by atoms with van der Waals surface area (Å²) in [7, 11) is 0. The van der Waals surface area contributed by atoms with Crippen LogP contribution in [0.3, 0.4) is 0 Å². The number of urea groups is 1. The first-order chi connectivity index (χ1) is 11.9. The van der Waals surface area contributed by atoms with Gasteiger partial charge in [0.05, 0.1) is 16.8 Å². The Labute approximate surface area is 153 Å². The van der Waals surface area contributed by atoms with Crippen molar-refractivity contribution in [2.24, 2.45) is 0 Å². The molecule has 1 atom stereocenters. The van der Waals surface area contributed by atoms with Crippen molar-refractivity contribution < 1.29 is 14.0 Å². The first-order valence-corrected chi connectivity index (χ1v) is 8.26. The smallest absolute Gasteiger partial charge is 0.319 e. The van der Waals surface area contributed by atoms with Gasteiger partial charge < -0.3 is 15.5 Å². The van der Waals surface area contributed by atoms with E-state index in [-0.39, 0.29) is 24.2 Å². The number of nitrogens with one attached hydrogen (secondary N) is 2. The molecule has 0 spiro atoms. The maximum atomic E-state index is 13.0. The van der Waals surface area contributed by atoms with Crippen molar-refractivity contribution in [1.82, 2.24) is 5.32 Å². The minimum absolute atomic E-state index is 0.141. The number of benzene rings is 2. The zero-order valence-corrected chi connectivity index (χ0v) is 14.4. The monoisotopic (exact) mass is 381 g/mol. The summed E-state index contributed by atoms with van der Waals surface area (Å²) in [5.74, 6) is -0.513. The lowest BCUT2D eigenvalue weighted by Gasteiger charge is -2.17. The zero-order valence-electron chi connectivity index (χ0n) is 12.9. The molecule has 1 aliphatic heterocycles. The Morgan fingerprint density at radius 1 is 1.16 bits per heavy atom. The molecule has 1 saturated heterocycles. The summed E-state index contributed by atoms with van der Waals surface area (Å²) in [6.45, 7) is 0.307. The van der Waals surface area contributed by atoms with Crippen LogP contribution in [0.4, 0.5) is 20.6 Å². The molecule has 0 bridgehead atoms. The van der Waals surface area contributed by atoms with Crippen LogP contribution in [-0.2, 0) is 4.79 Å². The van der Waals surface area contributed by atoms with Crippen LogP contribution in [0.25, 0.3) is 0 Å². The van der Waals surface area contributed by atoms with E-state index in [1.165, 1.54) is 35.2 Å². The van der Waals surface area contributed by atoms with Crippen molar-refractivity contribution in [3.05, 3.63) is 58.3 Å². The van der Waals surface area contributed by atoms with E-state index in [2.05, 4.69) is 10.6 Å². The second-order valence-corrected chi connectivity index (χ2v) is 6.45. The number of rotatable bonds is 3. The lowest BCUT2D eigenvalue weighted by Crippen LogP contribution is -2.39. The Kier molecular flexibility index (Phi) is 5.11. The Morgan fingerprint density at radius 2 is 1.88 bits per heavy atom. The Bertz CT molecular complexity index is 814. The standard InChI is InChI=1S/C17H14Cl2FN3O2/c18-10-1-6-14(19)15(7-10)22-17(25)21-12-8-16(24)23(9-12)13-4-2-11(20)3-5-13/h1-7,12H,8-9H2,(H2,21,22,25)/t12-/m1/s1. The molecule has 2 aromatic rings. The van der Waals surface area contributed by atoms with E-state index in [1.807, 2.05) is 0 Å². The minimum atomic E-state index is -0.483. The third-order valence-electron chi connectivity index (χ3n) is 3.78. The van der Waals surface area contributed by atoms with Gasteiger partial charge in [-0.3, -0.25) is 4.79 Å². The molecule has 0 radical (unpaired) electrons. The molecular formula is C17H14Cl2FN3O2. The quantitative estimate of drug-likeness (QED) is 0.841. The average molecular weight is 382 g/mol. The molecule has 0 saturated carbocycles. The highest BCUT2D eigenvalue weighted by Gasteiger charge is 2.31. The topological polar surface area (TPSA) is 61.4 Å². The van der Waals surface area contributed by atoms with Crippen LogP contribution in [0.5, 0.6) is 0 Å². The average Bonchev–Trinajstić information content (AvgIpc) is 2.92. The first-order valence-electron chi connectivity index (χ1n) is 7.51. The molecule has 1 heterocycles. The lowest BCUT2D eigenvalue weighted by atomic mass is 10.2. The Hall–Kier alpha value is -2.31. The molecule has 0 unspecified atom stereocenters. The van der Waals surface area contributed by atoms with Gasteiger partial charge in [-0.25, -0.2) is 9.18 Å². The second-order valence-electron chi connectivity index (χ2n) is 5.60. The molecule has 130 valence electrons. The highest BCUT2D eigenvalue weighted by molar-refractivity contribution is 6.35. The molecule has 1 aliphatic rings. The molecule has 5 nitrogen and oxygen atoms in total. The molecule has 3 rings (SSSR count).